The van der Waals surface area contributed by atoms with Crippen LogP contribution in [0.4, 0.5) is 0 Å². The molecule has 0 aliphatic heterocycles. The predicted molar refractivity (Wildman–Crippen MR) is 84.2 cm³/mol. The number of benzene rings is 1. The third-order valence-electron chi connectivity index (χ3n) is 3.08. The second kappa shape index (κ2) is 5.76. The fraction of sp³-hybridized carbons (Fsp3) is 0.133. The number of ether oxygens (including phenoxy) is 1. The van der Waals surface area contributed by atoms with E-state index in [1.807, 2.05) is 12.1 Å². The van der Waals surface area contributed by atoms with Crippen LogP contribution in [0.5, 0.6) is 5.75 Å². The zero-order chi connectivity index (χ0) is 15.7. The van der Waals surface area contributed by atoms with Gasteiger partial charge in [0.2, 0.25) is 0 Å². The van der Waals surface area contributed by atoms with Gasteiger partial charge in [-0.2, -0.15) is 5.10 Å². The van der Waals surface area contributed by atoms with Gasteiger partial charge in [-0.05, 0) is 31.2 Å². The van der Waals surface area contributed by atoms with E-state index in [0.29, 0.717) is 11.2 Å². The van der Waals surface area contributed by atoms with Gasteiger partial charge in [0.1, 0.15) is 11.3 Å². The Morgan fingerprint density at radius 2 is 2.00 bits per heavy atom. The summed E-state index contributed by atoms with van der Waals surface area (Å²) >= 11 is 3.36. The number of rotatable bonds is 3. The zero-order valence-corrected chi connectivity index (χ0v) is 13.2. The van der Waals surface area contributed by atoms with Gasteiger partial charge in [0.15, 0.2) is 11.2 Å². The minimum absolute atomic E-state index is 0.0357. The Hall–Kier alpha value is -2.41. The molecule has 7 heteroatoms. The van der Waals surface area contributed by atoms with Crippen LogP contribution in [0.3, 0.4) is 0 Å². The molecule has 1 N–H and O–H groups in total. The molecule has 1 aromatic carbocycles. The molecule has 3 rings (SSSR count). The number of carbonyl (C=O) groups excluding carboxylic acids is 1. The molecular weight excluding hydrogens is 350 g/mol. The minimum atomic E-state index is -0.536. The van der Waals surface area contributed by atoms with Gasteiger partial charge in [-0.1, -0.05) is 15.9 Å². The van der Waals surface area contributed by atoms with Gasteiger partial charge >= 0.3 is 5.97 Å². The van der Waals surface area contributed by atoms with Crippen LogP contribution in [0.2, 0.25) is 0 Å². The first kappa shape index (κ1) is 14.5. The Morgan fingerprint density at radius 1 is 1.27 bits per heavy atom. The standard InChI is InChI=1S/C15H12BrN3O3/c1-2-22-15(21)14-13-12(11(20)7-8-17-13)18-19(14)10-5-3-9(16)4-6-10/h3-8,20H,2H2,1H3. The number of aromatic hydroxyl groups is 1. The lowest BCUT2D eigenvalue weighted by molar-refractivity contribution is 0.0518. The molecule has 0 bridgehead atoms. The van der Waals surface area contributed by atoms with E-state index in [2.05, 4.69) is 26.0 Å². The first-order valence-electron chi connectivity index (χ1n) is 6.61. The predicted octanol–water partition coefficient (Wildman–Crippen LogP) is 3.07. The highest BCUT2D eigenvalue weighted by Crippen LogP contribution is 2.27. The van der Waals surface area contributed by atoms with E-state index >= 15 is 0 Å². The molecule has 0 spiro atoms. The number of hydrogen-bond donors (Lipinski definition) is 1. The molecule has 0 aliphatic rings. The summed E-state index contributed by atoms with van der Waals surface area (Å²) in [5, 5.41) is 14.2. The highest BCUT2D eigenvalue weighted by molar-refractivity contribution is 9.10. The molecule has 112 valence electrons. The topological polar surface area (TPSA) is 77.2 Å². The summed E-state index contributed by atoms with van der Waals surface area (Å²) in [6.45, 7) is 1.97. The average Bonchev–Trinajstić information content (AvgIpc) is 2.89. The fourth-order valence-electron chi connectivity index (χ4n) is 2.12. The number of esters is 1. The average molecular weight is 362 g/mol. The second-order valence-corrected chi connectivity index (χ2v) is 5.40. The molecule has 2 heterocycles. The number of pyridine rings is 1. The summed E-state index contributed by atoms with van der Waals surface area (Å²) in [4.78, 5) is 16.4. The van der Waals surface area contributed by atoms with Crippen molar-refractivity contribution in [1.29, 1.82) is 0 Å². The first-order chi connectivity index (χ1) is 10.6. The molecule has 22 heavy (non-hydrogen) atoms. The lowest BCUT2D eigenvalue weighted by atomic mass is 10.2. The molecule has 0 fully saturated rings. The van der Waals surface area contributed by atoms with Gasteiger partial charge in [-0.3, -0.25) is 4.98 Å². The maximum Gasteiger partial charge on any atom is 0.359 e. The van der Waals surface area contributed by atoms with Gasteiger partial charge in [-0.15, -0.1) is 0 Å². The molecule has 0 aliphatic carbocycles. The summed E-state index contributed by atoms with van der Waals surface area (Å²) in [5.74, 6) is -0.572. The monoisotopic (exact) mass is 361 g/mol. The number of hydrogen-bond acceptors (Lipinski definition) is 5. The van der Waals surface area contributed by atoms with Gasteiger partial charge in [0, 0.05) is 16.7 Å². The summed E-state index contributed by atoms with van der Waals surface area (Å²) in [6, 6.07) is 8.70. The van der Waals surface area contributed by atoms with Crippen LogP contribution in [-0.2, 0) is 4.74 Å². The first-order valence-corrected chi connectivity index (χ1v) is 7.41. The van der Waals surface area contributed by atoms with Gasteiger partial charge in [-0.25, -0.2) is 9.48 Å². The van der Waals surface area contributed by atoms with E-state index in [9.17, 15) is 9.90 Å². The molecule has 6 nitrogen and oxygen atoms in total. The van der Waals surface area contributed by atoms with Crippen LogP contribution in [0.1, 0.15) is 17.4 Å². The maximum absolute atomic E-state index is 12.3. The summed E-state index contributed by atoms with van der Waals surface area (Å²) in [5.41, 5.74) is 1.42. The molecule has 2 aromatic heterocycles. The van der Waals surface area contributed by atoms with Gasteiger partial charge in [0.25, 0.3) is 0 Å². The molecular formula is C15H12BrN3O3. The summed E-state index contributed by atoms with van der Waals surface area (Å²) in [6.07, 6.45) is 1.42. The molecule has 0 unspecified atom stereocenters. The van der Waals surface area contributed by atoms with Crippen molar-refractivity contribution in [3.8, 4) is 11.4 Å². The van der Waals surface area contributed by atoms with Crippen molar-refractivity contribution >= 4 is 32.9 Å². The van der Waals surface area contributed by atoms with E-state index in [0.717, 1.165) is 4.47 Å². The summed E-state index contributed by atoms with van der Waals surface area (Å²) in [7, 11) is 0. The number of halogens is 1. The van der Waals surface area contributed by atoms with Crippen molar-refractivity contribution in [3.63, 3.8) is 0 Å². The Bertz CT molecular complexity index is 843. The lowest BCUT2D eigenvalue weighted by Crippen LogP contribution is -2.12. The lowest BCUT2D eigenvalue weighted by Gasteiger charge is -2.06. The van der Waals surface area contributed by atoms with Crippen molar-refractivity contribution < 1.29 is 14.6 Å². The van der Waals surface area contributed by atoms with Crippen molar-refractivity contribution in [2.45, 2.75) is 6.92 Å². The van der Waals surface area contributed by atoms with Crippen molar-refractivity contribution in [2.75, 3.05) is 6.61 Å². The maximum atomic E-state index is 12.3. The molecule has 0 radical (unpaired) electrons. The van der Waals surface area contributed by atoms with Crippen LogP contribution in [0.25, 0.3) is 16.7 Å². The smallest absolute Gasteiger partial charge is 0.359 e. The number of aromatic nitrogens is 3. The van der Waals surface area contributed by atoms with Crippen LogP contribution < -0.4 is 0 Å². The third kappa shape index (κ3) is 2.43. The van der Waals surface area contributed by atoms with E-state index < -0.39 is 5.97 Å². The van der Waals surface area contributed by atoms with Gasteiger partial charge < -0.3 is 9.84 Å². The number of fused-ring (bicyclic) bond motifs is 1. The molecule has 0 saturated carbocycles. The third-order valence-corrected chi connectivity index (χ3v) is 3.61. The second-order valence-electron chi connectivity index (χ2n) is 4.48. The van der Waals surface area contributed by atoms with Crippen LogP contribution in [0, 0.1) is 0 Å². The van der Waals surface area contributed by atoms with Crippen LogP contribution in [0.15, 0.2) is 41.0 Å². The SMILES string of the molecule is CCOC(=O)c1c2nccc(O)c2nn1-c1ccc(Br)cc1. The highest BCUT2D eigenvalue weighted by Gasteiger charge is 2.23. The van der Waals surface area contributed by atoms with Crippen LogP contribution in [-0.4, -0.2) is 32.4 Å². The van der Waals surface area contributed by atoms with E-state index in [4.69, 9.17) is 4.74 Å². The highest BCUT2D eigenvalue weighted by atomic mass is 79.9. The van der Waals surface area contributed by atoms with E-state index in [-0.39, 0.29) is 23.6 Å². The van der Waals surface area contributed by atoms with Gasteiger partial charge in [0.05, 0.1) is 12.3 Å². The Morgan fingerprint density at radius 3 is 2.68 bits per heavy atom. The molecule has 0 atom stereocenters. The largest absolute Gasteiger partial charge is 0.505 e. The number of nitrogens with zero attached hydrogens (tertiary/aromatic N) is 3. The Labute approximate surface area is 134 Å². The summed E-state index contributed by atoms with van der Waals surface area (Å²) < 4.78 is 7.43. The normalized spacial score (nSPS) is 10.8. The quantitative estimate of drug-likeness (QED) is 0.725. The molecule has 0 saturated heterocycles. The molecule has 0 amide bonds. The van der Waals surface area contributed by atoms with E-state index in [1.54, 1.807) is 19.1 Å². The fourth-order valence-corrected chi connectivity index (χ4v) is 2.38. The van der Waals surface area contributed by atoms with Crippen molar-refractivity contribution in [1.82, 2.24) is 14.8 Å². The van der Waals surface area contributed by atoms with Crippen molar-refractivity contribution in [3.05, 3.63) is 46.7 Å². The van der Waals surface area contributed by atoms with Crippen molar-refractivity contribution in [2.24, 2.45) is 0 Å². The Kier molecular flexibility index (Phi) is 3.81. The zero-order valence-electron chi connectivity index (χ0n) is 11.7. The minimum Gasteiger partial charge on any atom is -0.505 e. The molecule has 3 aromatic rings. The van der Waals surface area contributed by atoms with E-state index in [1.165, 1.54) is 16.9 Å². The number of carbonyl (C=O) groups is 1. The van der Waals surface area contributed by atoms with Crippen LogP contribution >= 0.6 is 15.9 Å². The Balaban J connectivity index is 2.28.